The first kappa shape index (κ1) is 15.4. The van der Waals surface area contributed by atoms with E-state index in [1.165, 1.54) is 17.8 Å². The minimum absolute atomic E-state index is 0.224. The number of nitrogens with one attached hydrogen (secondary N) is 2. The summed E-state index contributed by atoms with van der Waals surface area (Å²) >= 11 is 4.50. The highest BCUT2D eigenvalue weighted by atomic mass is 79.9. The molecule has 1 fully saturated rings. The molecule has 3 heterocycles. The zero-order chi connectivity index (χ0) is 16.4. The lowest BCUT2D eigenvalue weighted by Crippen LogP contribution is -2.51. The van der Waals surface area contributed by atoms with E-state index in [0.717, 1.165) is 0 Å². The van der Waals surface area contributed by atoms with Crippen molar-refractivity contribution in [3.05, 3.63) is 40.3 Å². The number of urea groups is 1. The van der Waals surface area contributed by atoms with Crippen molar-refractivity contribution in [3.8, 4) is 0 Å². The zero-order valence-corrected chi connectivity index (χ0v) is 13.6. The molecule has 0 bridgehead atoms. The molecule has 1 aliphatic heterocycles. The van der Waals surface area contributed by atoms with Gasteiger partial charge in [-0.05, 0) is 45.9 Å². The Hall–Kier alpha value is -2.46. The van der Waals surface area contributed by atoms with Crippen molar-refractivity contribution >= 4 is 51.6 Å². The fourth-order valence-corrected chi connectivity index (χ4v) is 2.92. The van der Waals surface area contributed by atoms with Gasteiger partial charge < -0.3 is 4.42 Å². The van der Waals surface area contributed by atoms with Gasteiger partial charge in [0.05, 0.1) is 4.47 Å². The van der Waals surface area contributed by atoms with Gasteiger partial charge in [0.25, 0.3) is 11.8 Å². The Bertz CT molecular complexity index is 812. The van der Waals surface area contributed by atoms with Crippen LogP contribution < -0.4 is 10.6 Å². The number of barbiturate groups is 1. The van der Waals surface area contributed by atoms with E-state index in [1.807, 2.05) is 10.6 Å². The molecule has 23 heavy (non-hydrogen) atoms. The predicted octanol–water partition coefficient (Wildman–Crippen LogP) is 1.73. The van der Waals surface area contributed by atoms with Crippen molar-refractivity contribution in [3.63, 3.8) is 0 Å². The topological polar surface area (TPSA) is 114 Å². The Morgan fingerprint density at radius 1 is 1.13 bits per heavy atom. The van der Waals surface area contributed by atoms with E-state index in [2.05, 4.69) is 25.9 Å². The number of carbonyl (C=O) groups is 3. The number of halogens is 1. The van der Waals surface area contributed by atoms with E-state index in [0.29, 0.717) is 14.7 Å². The fourth-order valence-electron chi connectivity index (χ4n) is 1.68. The summed E-state index contributed by atoms with van der Waals surface area (Å²) in [5.41, 5.74) is -0.224. The third-order valence-electron chi connectivity index (χ3n) is 2.63. The SMILES string of the molecule is O=C1NC(=O)C(=Cc2cc(Br)c(Sc3ncccn3)o2)C(=O)N1. The summed E-state index contributed by atoms with van der Waals surface area (Å²) in [6.45, 7) is 0. The molecular weight excluding hydrogens is 388 g/mol. The first-order valence-electron chi connectivity index (χ1n) is 6.15. The minimum Gasteiger partial charge on any atom is -0.449 e. The van der Waals surface area contributed by atoms with Gasteiger partial charge in [0.15, 0.2) is 10.2 Å². The monoisotopic (exact) mass is 394 g/mol. The number of rotatable bonds is 3. The van der Waals surface area contributed by atoms with Crippen LogP contribution in [0.1, 0.15) is 5.76 Å². The standard InChI is InChI=1S/C13H7BrN4O4S/c14-8-5-6(4-7-9(19)17-12(21)18-10(7)20)22-11(8)23-13-15-2-1-3-16-13/h1-5H,(H2,17,18,19,20,21). The lowest BCUT2D eigenvalue weighted by molar-refractivity contribution is -0.123. The molecule has 2 aromatic rings. The largest absolute Gasteiger partial charge is 0.449 e. The maximum Gasteiger partial charge on any atom is 0.328 e. The lowest BCUT2D eigenvalue weighted by atomic mass is 10.1. The van der Waals surface area contributed by atoms with Gasteiger partial charge in [-0.1, -0.05) is 0 Å². The van der Waals surface area contributed by atoms with E-state index in [-0.39, 0.29) is 11.3 Å². The van der Waals surface area contributed by atoms with Crippen LogP contribution in [0.3, 0.4) is 0 Å². The number of nitrogens with zero attached hydrogens (tertiary/aromatic N) is 2. The molecule has 1 saturated heterocycles. The van der Waals surface area contributed by atoms with E-state index >= 15 is 0 Å². The fraction of sp³-hybridized carbons (Fsp3) is 0. The molecule has 2 N–H and O–H groups in total. The van der Waals surface area contributed by atoms with Gasteiger partial charge >= 0.3 is 6.03 Å². The maximum atomic E-state index is 11.7. The Kier molecular flexibility index (Phi) is 4.26. The summed E-state index contributed by atoms with van der Waals surface area (Å²) in [7, 11) is 0. The molecular formula is C13H7BrN4O4S. The minimum atomic E-state index is -0.852. The van der Waals surface area contributed by atoms with Crippen LogP contribution >= 0.6 is 27.7 Å². The number of aromatic nitrogens is 2. The lowest BCUT2D eigenvalue weighted by Gasteiger charge is -2.13. The Morgan fingerprint density at radius 2 is 1.78 bits per heavy atom. The number of hydrogen-bond acceptors (Lipinski definition) is 7. The highest BCUT2D eigenvalue weighted by Gasteiger charge is 2.28. The Labute approximate surface area is 141 Å². The van der Waals surface area contributed by atoms with Gasteiger partial charge in [-0.3, -0.25) is 20.2 Å². The molecule has 0 unspecified atom stereocenters. The van der Waals surface area contributed by atoms with Crippen molar-refractivity contribution in [2.45, 2.75) is 10.2 Å². The highest BCUT2D eigenvalue weighted by molar-refractivity contribution is 9.10. The van der Waals surface area contributed by atoms with Crippen LogP contribution in [0, 0.1) is 0 Å². The molecule has 0 spiro atoms. The third-order valence-corrected chi connectivity index (χ3v) is 4.36. The average Bonchev–Trinajstić information content (AvgIpc) is 2.84. The van der Waals surface area contributed by atoms with Crippen LogP contribution in [0.25, 0.3) is 6.08 Å². The van der Waals surface area contributed by atoms with Crippen molar-refractivity contribution in [2.75, 3.05) is 0 Å². The van der Waals surface area contributed by atoms with Gasteiger partial charge in [-0.15, -0.1) is 0 Å². The third kappa shape index (κ3) is 3.48. The molecule has 2 aromatic heterocycles. The second-order valence-corrected chi connectivity index (χ2v) is 6.01. The summed E-state index contributed by atoms with van der Waals surface area (Å²) in [5.74, 6) is -1.30. The second kappa shape index (κ2) is 6.34. The van der Waals surface area contributed by atoms with E-state index in [9.17, 15) is 14.4 Å². The molecule has 4 amide bonds. The van der Waals surface area contributed by atoms with Crippen molar-refractivity contribution in [1.82, 2.24) is 20.6 Å². The first-order valence-corrected chi connectivity index (χ1v) is 7.76. The van der Waals surface area contributed by atoms with E-state index < -0.39 is 17.8 Å². The average molecular weight is 395 g/mol. The number of carbonyl (C=O) groups excluding carboxylic acids is 3. The number of furan rings is 1. The Balaban J connectivity index is 1.86. The van der Waals surface area contributed by atoms with Crippen molar-refractivity contribution in [2.24, 2.45) is 0 Å². The zero-order valence-electron chi connectivity index (χ0n) is 11.2. The normalized spacial score (nSPS) is 14.5. The van der Waals surface area contributed by atoms with E-state index in [1.54, 1.807) is 24.5 Å². The van der Waals surface area contributed by atoms with Gasteiger partial charge in [-0.2, -0.15) is 0 Å². The van der Waals surface area contributed by atoms with Gasteiger partial charge in [0.2, 0.25) is 0 Å². The molecule has 0 aliphatic carbocycles. The van der Waals surface area contributed by atoms with Gasteiger partial charge in [0.1, 0.15) is 11.3 Å². The van der Waals surface area contributed by atoms with Crippen LogP contribution in [0.2, 0.25) is 0 Å². The van der Waals surface area contributed by atoms with Crippen molar-refractivity contribution in [1.29, 1.82) is 0 Å². The molecule has 1 aliphatic rings. The molecule has 10 heteroatoms. The van der Waals surface area contributed by atoms with Crippen LogP contribution in [-0.4, -0.2) is 27.8 Å². The number of amides is 4. The van der Waals surface area contributed by atoms with Crippen LogP contribution in [-0.2, 0) is 9.59 Å². The summed E-state index contributed by atoms with van der Waals surface area (Å²) < 4.78 is 6.18. The quantitative estimate of drug-likeness (QED) is 0.462. The smallest absolute Gasteiger partial charge is 0.328 e. The summed E-state index contributed by atoms with van der Waals surface area (Å²) in [6.07, 6.45) is 4.45. The summed E-state index contributed by atoms with van der Waals surface area (Å²) in [4.78, 5) is 42.5. The Morgan fingerprint density at radius 3 is 2.43 bits per heavy atom. The predicted molar refractivity (Wildman–Crippen MR) is 82.2 cm³/mol. The molecule has 0 saturated carbocycles. The number of imide groups is 2. The highest BCUT2D eigenvalue weighted by Crippen LogP contribution is 2.34. The molecule has 3 rings (SSSR count). The molecule has 8 nitrogen and oxygen atoms in total. The van der Waals surface area contributed by atoms with Crippen LogP contribution in [0.5, 0.6) is 0 Å². The molecule has 0 atom stereocenters. The van der Waals surface area contributed by atoms with Crippen LogP contribution in [0.15, 0.2) is 49.2 Å². The molecule has 116 valence electrons. The van der Waals surface area contributed by atoms with Gasteiger partial charge in [-0.25, -0.2) is 14.8 Å². The second-order valence-electron chi connectivity index (χ2n) is 4.21. The maximum absolute atomic E-state index is 11.7. The number of hydrogen-bond donors (Lipinski definition) is 2. The van der Waals surface area contributed by atoms with Crippen LogP contribution in [0.4, 0.5) is 4.79 Å². The molecule has 0 aromatic carbocycles. The summed E-state index contributed by atoms with van der Waals surface area (Å²) in [5, 5.41) is 4.92. The van der Waals surface area contributed by atoms with E-state index in [4.69, 9.17) is 4.42 Å². The van der Waals surface area contributed by atoms with Crippen molar-refractivity contribution < 1.29 is 18.8 Å². The summed E-state index contributed by atoms with van der Waals surface area (Å²) in [6, 6.07) is 2.43. The molecule has 0 radical (unpaired) electrons. The first-order chi connectivity index (χ1) is 11.0. The van der Waals surface area contributed by atoms with Gasteiger partial charge in [0, 0.05) is 12.4 Å².